The van der Waals surface area contributed by atoms with Crippen LogP contribution in [0.3, 0.4) is 0 Å². The Morgan fingerprint density at radius 3 is 2.21 bits per heavy atom. The van der Waals surface area contributed by atoms with Crippen molar-refractivity contribution in [2.75, 3.05) is 14.2 Å². The summed E-state index contributed by atoms with van der Waals surface area (Å²) >= 11 is 0. The fourth-order valence-corrected chi connectivity index (χ4v) is 1.99. The van der Waals surface area contributed by atoms with E-state index in [9.17, 15) is 9.90 Å². The lowest BCUT2D eigenvalue weighted by atomic mass is 10.0. The first kappa shape index (κ1) is 13.0. The van der Waals surface area contributed by atoms with Crippen molar-refractivity contribution in [2.45, 2.75) is 0 Å². The Hall–Kier alpha value is -2.49. The zero-order valence-corrected chi connectivity index (χ0v) is 10.7. The van der Waals surface area contributed by atoms with Gasteiger partial charge in [0.1, 0.15) is 17.1 Å². The van der Waals surface area contributed by atoms with Gasteiger partial charge in [0.15, 0.2) is 0 Å². The van der Waals surface area contributed by atoms with E-state index in [-0.39, 0.29) is 11.3 Å². The molecule has 4 nitrogen and oxygen atoms in total. The van der Waals surface area contributed by atoms with E-state index in [2.05, 4.69) is 0 Å². The summed E-state index contributed by atoms with van der Waals surface area (Å²) < 4.78 is 10.4. The number of carboxylic acid groups (broad SMARTS) is 1. The number of ether oxygens (including phenoxy) is 2. The molecule has 0 atom stereocenters. The number of methoxy groups -OCH3 is 2. The molecule has 0 radical (unpaired) electrons. The molecule has 0 aliphatic carbocycles. The number of hydrogen-bond donors (Lipinski definition) is 1. The van der Waals surface area contributed by atoms with Gasteiger partial charge in [-0.25, -0.2) is 4.79 Å². The highest BCUT2D eigenvalue weighted by molar-refractivity contribution is 5.97. The minimum absolute atomic E-state index is 0.0337. The van der Waals surface area contributed by atoms with Gasteiger partial charge in [-0.15, -0.1) is 0 Å². The molecule has 0 unspecified atom stereocenters. The van der Waals surface area contributed by atoms with E-state index >= 15 is 0 Å². The van der Waals surface area contributed by atoms with Gasteiger partial charge in [-0.2, -0.15) is 0 Å². The maximum Gasteiger partial charge on any atom is 0.343 e. The third-order valence-electron chi connectivity index (χ3n) is 2.84. The zero-order valence-electron chi connectivity index (χ0n) is 10.7. The second-order valence-corrected chi connectivity index (χ2v) is 3.89. The van der Waals surface area contributed by atoms with Gasteiger partial charge in [-0.3, -0.25) is 0 Å². The number of carbonyl (C=O) groups is 1. The van der Waals surface area contributed by atoms with E-state index in [4.69, 9.17) is 9.47 Å². The molecular formula is C15H14O4. The molecule has 2 rings (SSSR count). The molecule has 19 heavy (non-hydrogen) atoms. The summed E-state index contributed by atoms with van der Waals surface area (Å²) in [5, 5.41) is 9.32. The molecule has 2 aromatic carbocycles. The number of benzene rings is 2. The fraction of sp³-hybridized carbons (Fsp3) is 0.133. The van der Waals surface area contributed by atoms with Gasteiger partial charge in [0, 0.05) is 5.56 Å². The summed E-state index contributed by atoms with van der Waals surface area (Å²) in [5.74, 6) is -0.492. The number of aromatic carboxylic acids is 1. The topological polar surface area (TPSA) is 55.8 Å². The molecule has 0 saturated heterocycles. The molecule has 0 heterocycles. The Balaban J connectivity index is 2.70. The van der Waals surface area contributed by atoms with Gasteiger partial charge in [0.05, 0.1) is 14.2 Å². The van der Waals surface area contributed by atoms with Crippen molar-refractivity contribution >= 4 is 5.97 Å². The minimum Gasteiger partial charge on any atom is -0.496 e. The van der Waals surface area contributed by atoms with Crippen LogP contribution in [-0.4, -0.2) is 25.3 Å². The van der Waals surface area contributed by atoms with Gasteiger partial charge in [-0.05, 0) is 17.7 Å². The van der Waals surface area contributed by atoms with Crippen molar-refractivity contribution < 1.29 is 19.4 Å². The summed E-state index contributed by atoms with van der Waals surface area (Å²) in [6.45, 7) is 0. The molecule has 0 spiro atoms. The Kier molecular flexibility index (Phi) is 3.71. The van der Waals surface area contributed by atoms with Crippen molar-refractivity contribution in [2.24, 2.45) is 0 Å². The van der Waals surface area contributed by atoms with Crippen LogP contribution in [0.5, 0.6) is 11.5 Å². The highest BCUT2D eigenvalue weighted by Gasteiger charge is 2.21. The van der Waals surface area contributed by atoms with Gasteiger partial charge >= 0.3 is 5.97 Å². The van der Waals surface area contributed by atoms with Crippen molar-refractivity contribution in [1.82, 2.24) is 0 Å². The highest BCUT2D eigenvalue weighted by Crippen LogP contribution is 2.38. The molecule has 0 bridgehead atoms. The van der Waals surface area contributed by atoms with Crippen LogP contribution in [0.2, 0.25) is 0 Å². The summed E-state index contributed by atoms with van der Waals surface area (Å²) in [6, 6.07) is 12.9. The maximum absolute atomic E-state index is 11.4. The molecule has 0 aliphatic heterocycles. The van der Waals surface area contributed by atoms with E-state index in [1.54, 1.807) is 12.1 Å². The van der Waals surface area contributed by atoms with Crippen LogP contribution in [0, 0.1) is 0 Å². The Morgan fingerprint density at radius 2 is 1.68 bits per heavy atom. The molecule has 0 fully saturated rings. The average Bonchev–Trinajstić information content (AvgIpc) is 2.46. The van der Waals surface area contributed by atoms with Gasteiger partial charge in [0.2, 0.25) is 0 Å². The van der Waals surface area contributed by atoms with Gasteiger partial charge in [0.25, 0.3) is 0 Å². The summed E-state index contributed by atoms with van der Waals surface area (Å²) in [6.07, 6.45) is 0. The van der Waals surface area contributed by atoms with Crippen LogP contribution < -0.4 is 9.47 Å². The van der Waals surface area contributed by atoms with Crippen LogP contribution in [0.15, 0.2) is 42.5 Å². The lowest BCUT2D eigenvalue weighted by molar-refractivity contribution is 0.0689. The average molecular weight is 258 g/mol. The quantitative estimate of drug-likeness (QED) is 0.915. The normalized spacial score (nSPS) is 10.0. The predicted molar refractivity (Wildman–Crippen MR) is 71.9 cm³/mol. The molecule has 2 aromatic rings. The fourth-order valence-electron chi connectivity index (χ4n) is 1.99. The molecule has 1 N–H and O–H groups in total. The van der Waals surface area contributed by atoms with E-state index in [0.717, 1.165) is 11.1 Å². The first-order valence-electron chi connectivity index (χ1n) is 5.72. The van der Waals surface area contributed by atoms with Crippen LogP contribution in [-0.2, 0) is 0 Å². The highest BCUT2D eigenvalue weighted by atomic mass is 16.5. The molecule has 0 aliphatic rings. The Bertz CT molecular complexity index is 591. The van der Waals surface area contributed by atoms with E-state index in [1.165, 1.54) is 14.2 Å². The smallest absolute Gasteiger partial charge is 0.343 e. The summed E-state index contributed by atoms with van der Waals surface area (Å²) in [4.78, 5) is 11.4. The second kappa shape index (κ2) is 5.44. The molecule has 4 heteroatoms. The molecular weight excluding hydrogens is 244 g/mol. The summed E-state index contributed by atoms with van der Waals surface area (Å²) in [7, 11) is 2.89. The third kappa shape index (κ3) is 2.38. The SMILES string of the molecule is COc1ccc(-c2ccccc2)c(OC)c1C(=O)O. The number of hydrogen-bond acceptors (Lipinski definition) is 3. The van der Waals surface area contributed by atoms with Gasteiger partial charge < -0.3 is 14.6 Å². The van der Waals surface area contributed by atoms with E-state index in [1.807, 2.05) is 30.3 Å². The van der Waals surface area contributed by atoms with Crippen LogP contribution in [0.25, 0.3) is 11.1 Å². The molecule has 0 amide bonds. The number of rotatable bonds is 4. The zero-order chi connectivity index (χ0) is 13.8. The lowest BCUT2D eigenvalue weighted by Gasteiger charge is -2.14. The van der Waals surface area contributed by atoms with Crippen molar-refractivity contribution in [1.29, 1.82) is 0 Å². The van der Waals surface area contributed by atoms with Crippen LogP contribution in [0.1, 0.15) is 10.4 Å². The standard InChI is InChI=1S/C15H14O4/c1-18-12-9-8-11(10-6-4-3-5-7-10)14(19-2)13(12)15(16)17/h3-9H,1-2H3,(H,16,17). The van der Waals surface area contributed by atoms with Crippen LogP contribution in [0.4, 0.5) is 0 Å². The second-order valence-electron chi connectivity index (χ2n) is 3.89. The van der Waals surface area contributed by atoms with E-state index < -0.39 is 5.97 Å². The molecule has 0 saturated carbocycles. The Labute approximate surface area is 111 Å². The Morgan fingerprint density at radius 1 is 1.00 bits per heavy atom. The van der Waals surface area contributed by atoms with Crippen molar-refractivity contribution in [3.05, 3.63) is 48.0 Å². The summed E-state index contributed by atoms with van der Waals surface area (Å²) in [5.41, 5.74) is 1.65. The van der Waals surface area contributed by atoms with Crippen molar-refractivity contribution in [3.63, 3.8) is 0 Å². The molecule has 98 valence electrons. The van der Waals surface area contributed by atoms with Gasteiger partial charge in [-0.1, -0.05) is 30.3 Å². The van der Waals surface area contributed by atoms with E-state index in [0.29, 0.717) is 5.75 Å². The minimum atomic E-state index is -1.08. The predicted octanol–water partition coefficient (Wildman–Crippen LogP) is 3.07. The van der Waals surface area contributed by atoms with Crippen molar-refractivity contribution in [3.8, 4) is 22.6 Å². The van der Waals surface area contributed by atoms with Crippen LogP contribution >= 0.6 is 0 Å². The maximum atomic E-state index is 11.4. The first-order valence-corrected chi connectivity index (χ1v) is 5.72. The number of carboxylic acids is 1. The third-order valence-corrected chi connectivity index (χ3v) is 2.84. The lowest BCUT2D eigenvalue weighted by Crippen LogP contribution is -2.05. The molecule has 0 aromatic heterocycles. The largest absolute Gasteiger partial charge is 0.496 e. The monoisotopic (exact) mass is 258 g/mol. The first-order chi connectivity index (χ1) is 9.19.